The lowest BCUT2D eigenvalue weighted by Crippen LogP contribution is -2.13. The summed E-state index contributed by atoms with van der Waals surface area (Å²) in [7, 11) is 1.91. The smallest absolute Gasteiger partial charge is 0.339 e. The monoisotopic (exact) mass is 263 g/mol. The summed E-state index contributed by atoms with van der Waals surface area (Å²) < 4.78 is 11.3. The van der Waals surface area contributed by atoms with Gasteiger partial charge in [-0.1, -0.05) is 0 Å². The van der Waals surface area contributed by atoms with Crippen LogP contribution in [-0.2, 0) is 19.3 Å². The molecule has 0 amide bonds. The van der Waals surface area contributed by atoms with Crippen LogP contribution in [0.1, 0.15) is 27.0 Å². The minimum Gasteiger partial charge on any atom is -0.493 e. The Morgan fingerprint density at radius 3 is 2.58 bits per heavy atom. The number of hydrogen-bond acceptors (Lipinski definition) is 4. The topological polar surface area (TPSA) is 67.8 Å². The van der Waals surface area contributed by atoms with Crippen LogP contribution in [0.25, 0.3) is 0 Å². The molecule has 5 nitrogen and oxygen atoms in total. The normalized spacial score (nSPS) is 15.6. The summed E-state index contributed by atoms with van der Waals surface area (Å²) in [5.41, 5.74) is 3.26. The molecule has 0 aromatic heterocycles. The van der Waals surface area contributed by atoms with Crippen molar-refractivity contribution in [2.75, 3.05) is 26.8 Å². The highest BCUT2D eigenvalue weighted by Gasteiger charge is 2.33. The van der Waals surface area contributed by atoms with E-state index in [2.05, 4.69) is 5.32 Å². The van der Waals surface area contributed by atoms with Crippen molar-refractivity contribution in [1.82, 2.24) is 5.32 Å². The third kappa shape index (κ3) is 1.85. The second-order valence-electron chi connectivity index (χ2n) is 4.82. The van der Waals surface area contributed by atoms with E-state index in [-0.39, 0.29) is 0 Å². The van der Waals surface area contributed by atoms with Gasteiger partial charge in [0.15, 0.2) is 0 Å². The molecule has 1 aromatic rings. The Kier molecular flexibility index (Phi) is 3.06. The lowest BCUT2D eigenvalue weighted by molar-refractivity contribution is 0.0692. The molecular formula is C14H17NO4. The van der Waals surface area contributed by atoms with Gasteiger partial charge in [-0.25, -0.2) is 4.79 Å². The molecule has 19 heavy (non-hydrogen) atoms. The summed E-state index contributed by atoms with van der Waals surface area (Å²) in [6, 6.07) is 0. The highest BCUT2D eigenvalue weighted by atomic mass is 16.5. The minimum atomic E-state index is -0.917. The zero-order chi connectivity index (χ0) is 13.4. The first-order chi connectivity index (χ1) is 9.24. The summed E-state index contributed by atoms with van der Waals surface area (Å²) in [5.74, 6) is 0.444. The quantitative estimate of drug-likeness (QED) is 0.848. The van der Waals surface area contributed by atoms with Crippen molar-refractivity contribution >= 4 is 5.97 Å². The molecule has 5 heteroatoms. The molecule has 0 unspecified atom stereocenters. The standard InChI is InChI=1S/C14H17NO4/c1-15-5-2-8-9-3-6-19-13(9)11(14(16)17)10-4-7-18-12(8)10/h15H,2-7H2,1H3,(H,16,17). The van der Waals surface area contributed by atoms with Crippen molar-refractivity contribution in [2.45, 2.75) is 19.3 Å². The van der Waals surface area contributed by atoms with Crippen LogP contribution in [0.3, 0.4) is 0 Å². The first kappa shape index (κ1) is 12.3. The van der Waals surface area contributed by atoms with Crippen LogP contribution in [0.4, 0.5) is 0 Å². The van der Waals surface area contributed by atoms with Gasteiger partial charge in [0, 0.05) is 29.5 Å². The van der Waals surface area contributed by atoms with Crippen molar-refractivity contribution in [1.29, 1.82) is 0 Å². The summed E-state index contributed by atoms with van der Waals surface area (Å²) in [6.07, 6.45) is 2.26. The third-order valence-corrected chi connectivity index (χ3v) is 3.75. The molecule has 0 fully saturated rings. The molecule has 2 N–H and O–H groups in total. The second kappa shape index (κ2) is 4.74. The number of carboxylic acids is 1. The largest absolute Gasteiger partial charge is 0.493 e. The SMILES string of the molecule is CNCCc1c2c(c(C(=O)O)c3c1OCC3)OCC2. The lowest BCUT2D eigenvalue weighted by Gasteiger charge is -2.15. The molecule has 2 aliphatic rings. The molecule has 0 atom stereocenters. The summed E-state index contributed by atoms with van der Waals surface area (Å²) in [5, 5.41) is 12.6. The maximum Gasteiger partial charge on any atom is 0.339 e. The fourth-order valence-electron chi connectivity index (χ4n) is 2.95. The molecule has 1 aromatic carbocycles. The number of carbonyl (C=O) groups is 1. The average Bonchev–Trinajstić information content (AvgIpc) is 3.01. The van der Waals surface area contributed by atoms with Gasteiger partial charge in [0.2, 0.25) is 0 Å². The van der Waals surface area contributed by atoms with Crippen molar-refractivity contribution in [3.05, 3.63) is 22.3 Å². The summed E-state index contributed by atoms with van der Waals surface area (Å²) >= 11 is 0. The number of hydrogen-bond donors (Lipinski definition) is 2. The molecule has 3 rings (SSSR count). The van der Waals surface area contributed by atoms with Crippen LogP contribution >= 0.6 is 0 Å². The number of nitrogens with one attached hydrogen (secondary N) is 1. The maximum atomic E-state index is 11.5. The van der Waals surface area contributed by atoms with E-state index in [1.165, 1.54) is 0 Å². The Labute approximate surface area is 111 Å². The number of benzene rings is 1. The Bertz CT molecular complexity index is 504. The first-order valence-corrected chi connectivity index (χ1v) is 6.58. The van der Waals surface area contributed by atoms with E-state index in [1.807, 2.05) is 7.05 Å². The second-order valence-corrected chi connectivity index (χ2v) is 4.82. The van der Waals surface area contributed by atoms with E-state index in [4.69, 9.17) is 9.47 Å². The van der Waals surface area contributed by atoms with Gasteiger partial charge >= 0.3 is 5.97 Å². The van der Waals surface area contributed by atoms with Crippen molar-refractivity contribution < 1.29 is 19.4 Å². The van der Waals surface area contributed by atoms with Crippen molar-refractivity contribution in [3.8, 4) is 11.5 Å². The summed E-state index contributed by atoms with van der Waals surface area (Å²) in [4.78, 5) is 11.5. The van der Waals surface area contributed by atoms with Crippen molar-refractivity contribution in [3.63, 3.8) is 0 Å². The van der Waals surface area contributed by atoms with Gasteiger partial charge in [-0.2, -0.15) is 0 Å². The average molecular weight is 263 g/mol. The first-order valence-electron chi connectivity index (χ1n) is 6.58. The van der Waals surface area contributed by atoms with Crippen LogP contribution < -0.4 is 14.8 Å². The molecule has 102 valence electrons. The van der Waals surface area contributed by atoms with E-state index in [0.717, 1.165) is 41.8 Å². The lowest BCUT2D eigenvalue weighted by atomic mass is 9.92. The molecule has 0 saturated carbocycles. The van der Waals surface area contributed by atoms with E-state index in [9.17, 15) is 9.90 Å². The highest BCUT2D eigenvalue weighted by Crippen LogP contribution is 2.44. The summed E-state index contributed by atoms with van der Waals surface area (Å²) in [6.45, 7) is 1.96. The fourth-order valence-corrected chi connectivity index (χ4v) is 2.95. The van der Waals surface area contributed by atoms with Gasteiger partial charge in [0.1, 0.15) is 17.1 Å². The van der Waals surface area contributed by atoms with Gasteiger partial charge in [0.25, 0.3) is 0 Å². The van der Waals surface area contributed by atoms with Gasteiger partial charge in [-0.15, -0.1) is 0 Å². The Hall–Kier alpha value is -1.75. The van der Waals surface area contributed by atoms with Gasteiger partial charge < -0.3 is 19.9 Å². The fraction of sp³-hybridized carbons (Fsp3) is 0.500. The van der Waals surface area contributed by atoms with Crippen LogP contribution in [-0.4, -0.2) is 37.9 Å². The highest BCUT2D eigenvalue weighted by molar-refractivity contribution is 5.95. The molecule has 0 saturated heterocycles. The van der Waals surface area contributed by atoms with E-state index >= 15 is 0 Å². The molecule has 0 spiro atoms. The number of fused-ring (bicyclic) bond motifs is 2. The number of ether oxygens (including phenoxy) is 2. The Morgan fingerprint density at radius 1 is 1.21 bits per heavy atom. The zero-order valence-electron chi connectivity index (χ0n) is 10.9. The van der Waals surface area contributed by atoms with Crippen LogP contribution in [0, 0.1) is 0 Å². The van der Waals surface area contributed by atoms with Gasteiger partial charge in [-0.05, 0) is 20.0 Å². The predicted molar refractivity (Wildman–Crippen MR) is 69.4 cm³/mol. The Morgan fingerprint density at radius 2 is 1.89 bits per heavy atom. The molecule has 0 bridgehead atoms. The number of carboxylic acid groups (broad SMARTS) is 1. The number of likely N-dealkylation sites (N-methyl/N-ethyl adjacent to an activating group) is 1. The van der Waals surface area contributed by atoms with Crippen LogP contribution in [0.15, 0.2) is 0 Å². The molecule has 0 radical (unpaired) electrons. The predicted octanol–water partition coefficient (Wildman–Crippen LogP) is 1.02. The van der Waals surface area contributed by atoms with Crippen LogP contribution in [0.2, 0.25) is 0 Å². The maximum absolute atomic E-state index is 11.5. The number of aromatic carboxylic acids is 1. The van der Waals surface area contributed by atoms with E-state index in [0.29, 0.717) is 30.9 Å². The van der Waals surface area contributed by atoms with Gasteiger partial charge in [-0.3, -0.25) is 0 Å². The minimum absolute atomic E-state index is 0.313. The van der Waals surface area contributed by atoms with E-state index < -0.39 is 5.97 Å². The van der Waals surface area contributed by atoms with Gasteiger partial charge in [0.05, 0.1) is 13.2 Å². The number of rotatable bonds is 4. The molecule has 0 aliphatic carbocycles. The molecular weight excluding hydrogens is 246 g/mol. The third-order valence-electron chi connectivity index (χ3n) is 3.75. The van der Waals surface area contributed by atoms with Crippen molar-refractivity contribution in [2.24, 2.45) is 0 Å². The molecule has 2 heterocycles. The zero-order valence-corrected chi connectivity index (χ0v) is 10.9. The van der Waals surface area contributed by atoms with E-state index in [1.54, 1.807) is 0 Å². The molecule has 2 aliphatic heterocycles. The Balaban J connectivity index is 2.19. The van der Waals surface area contributed by atoms with Crippen LogP contribution in [0.5, 0.6) is 11.5 Å².